The molecule has 0 aliphatic carbocycles. The van der Waals surface area contributed by atoms with Crippen LogP contribution in [-0.2, 0) is 6.42 Å². The summed E-state index contributed by atoms with van der Waals surface area (Å²) in [6.07, 6.45) is 5.99. The summed E-state index contributed by atoms with van der Waals surface area (Å²) >= 11 is 9.04. The zero-order chi connectivity index (χ0) is 12.5. The maximum absolute atomic E-state index is 3.62. The summed E-state index contributed by atoms with van der Waals surface area (Å²) in [6.45, 7) is 2.23. The molecule has 0 aliphatic rings. The Morgan fingerprint density at radius 3 is 2.65 bits per heavy atom. The molecule has 0 bridgehead atoms. The molecular weight excluding hydrogens is 360 g/mol. The van der Waals surface area contributed by atoms with Gasteiger partial charge < -0.3 is 0 Å². The van der Waals surface area contributed by atoms with Gasteiger partial charge in [0.15, 0.2) is 0 Å². The van der Waals surface area contributed by atoms with Crippen molar-refractivity contribution in [3.8, 4) is 11.8 Å². The highest BCUT2D eigenvalue weighted by molar-refractivity contribution is 9.10. The highest BCUT2D eigenvalue weighted by atomic mass is 79.9. The SMILES string of the molecule is CCCCCC(Br)C#CC(Br)Cc1cccs1. The molecule has 1 aromatic heterocycles. The van der Waals surface area contributed by atoms with Crippen molar-refractivity contribution in [1.82, 2.24) is 0 Å². The van der Waals surface area contributed by atoms with Crippen LogP contribution in [0.3, 0.4) is 0 Å². The van der Waals surface area contributed by atoms with Gasteiger partial charge in [0.05, 0.1) is 9.65 Å². The summed E-state index contributed by atoms with van der Waals surface area (Å²) in [5.41, 5.74) is 0. The van der Waals surface area contributed by atoms with Crippen LogP contribution in [0, 0.1) is 11.8 Å². The van der Waals surface area contributed by atoms with E-state index in [2.05, 4.69) is 68.1 Å². The minimum absolute atomic E-state index is 0.271. The zero-order valence-corrected chi connectivity index (χ0v) is 14.1. The van der Waals surface area contributed by atoms with E-state index in [0.717, 1.165) is 12.8 Å². The molecule has 2 unspecified atom stereocenters. The second kappa shape index (κ2) is 9.19. The lowest BCUT2D eigenvalue weighted by Gasteiger charge is -2.02. The molecule has 94 valence electrons. The van der Waals surface area contributed by atoms with E-state index in [9.17, 15) is 0 Å². The summed E-state index contributed by atoms with van der Waals surface area (Å²) in [5, 5.41) is 2.11. The Balaban J connectivity index is 2.27. The Morgan fingerprint density at radius 1 is 1.24 bits per heavy atom. The third-order valence-electron chi connectivity index (χ3n) is 2.42. The first kappa shape index (κ1) is 15.3. The normalized spacial score (nSPS) is 13.8. The third kappa shape index (κ3) is 7.28. The van der Waals surface area contributed by atoms with Crippen molar-refractivity contribution < 1.29 is 0 Å². The van der Waals surface area contributed by atoms with Crippen molar-refractivity contribution in [2.75, 3.05) is 0 Å². The Morgan fingerprint density at radius 2 is 2.00 bits per heavy atom. The van der Waals surface area contributed by atoms with Crippen LogP contribution in [0.5, 0.6) is 0 Å². The van der Waals surface area contributed by atoms with Crippen LogP contribution in [0.1, 0.15) is 37.5 Å². The molecule has 2 atom stereocenters. The first-order valence-corrected chi connectivity index (χ1v) is 8.75. The van der Waals surface area contributed by atoms with Crippen LogP contribution in [0.2, 0.25) is 0 Å². The Hall–Kier alpha value is 0.220. The van der Waals surface area contributed by atoms with Crippen molar-refractivity contribution in [3.05, 3.63) is 22.4 Å². The van der Waals surface area contributed by atoms with E-state index >= 15 is 0 Å². The van der Waals surface area contributed by atoms with Gasteiger partial charge in [-0.2, -0.15) is 0 Å². The lowest BCUT2D eigenvalue weighted by atomic mass is 10.1. The Kier molecular flexibility index (Phi) is 8.26. The summed E-state index contributed by atoms with van der Waals surface area (Å²) in [4.78, 5) is 2.00. The van der Waals surface area contributed by atoms with E-state index in [1.165, 1.54) is 24.1 Å². The van der Waals surface area contributed by atoms with E-state index in [1.807, 2.05) is 0 Å². The van der Waals surface area contributed by atoms with Gasteiger partial charge in [-0.15, -0.1) is 11.3 Å². The fraction of sp³-hybridized carbons (Fsp3) is 0.571. The largest absolute Gasteiger partial charge is 0.149 e. The predicted octanol–water partition coefficient (Wildman–Crippen LogP) is 5.40. The quantitative estimate of drug-likeness (QED) is 0.353. The zero-order valence-electron chi connectivity index (χ0n) is 10.1. The van der Waals surface area contributed by atoms with Crippen LogP contribution in [0.25, 0.3) is 0 Å². The van der Waals surface area contributed by atoms with Crippen LogP contribution < -0.4 is 0 Å². The monoisotopic (exact) mass is 376 g/mol. The minimum atomic E-state index is 0.271. The van der Waals surface area contributed by atoms with Crippen LogP contribution in [0.4, 0.5) is 0 Å². The van der Waals surface area contributed by atoms with E-state index in [4.69, 9.17) is 0 Å². The van der Waals surface area contributed by atoms with E-state index in [1.54, 1.807) is 11.3 Å². The van der Waals surface area contributed by atoms with E-state index in [-0.39, 0.29) is 4.83 Å². The molecule has 3 heteroatoms. The molecule has 1 rings (SSSR count). The number of hydrogen-bond acceptors (Lipinski definition) is 1. The molecular formula is C14H18Br2S. The predicted molar refractivity (Wildman–Crippen MR) is 85.4 cm³/mol. The van der Waals surface area contributed by atoms with Gasteiger partial charge in [0.1, 0.15) is 0 Å². The van der Waals surface area contributed by atoms with E-state index in [0.29, 0.717) is 4.83 Å². The lowest BCUT2D eigenvalue weighted by molar-refractivity contribution is 0.688. The van der Waals surface area contributed by atoms with Gasteiger partial charge in [0.2, 0.25) is 0 Å². The molecule has 1 aromatic rings. The van der Waals surface area contributed by atoms with Crippen LogP contribution in [-0.4, -0.2) is 9.65 Å². The highest BCUT2D eigenvalue weighted by Crippen LogP contribution is 2.15. The maximum atomic E-state index is 3.62. The fourth-order valence-electron chi connectivity index (χ4n) is 1.48. The molecule has 0 N–H and O–H groups in total. The number of hydrogen-bond donors (Lipinski definition) is 0. The van der Waals surface area contributed by atoms with Gasteiger partial charge in [0, 0.05) is 11.3 Å². The Bertz CT molecular complexity index is 348. The molecule has 0 saturated carbocycles. The molecule has 0 aromatic carbocycles. The number of halogens is 2. The maximum Gasteiger partial charge on any atom is 0.0803 e. The summed E-state index contributed by atoms with van der Waals surface area (Å²) in [5.74, 6) is 6.55. The molecule has 0 aliphatic heterocycles. The van der Waals surface area contributed by atoms with Crippen molar-refractivity contribution in [2.45, 2.75) is 48.7 Å². The van der Waals surface area contributed by atoms with Gasteiger partial charge >= 0.3 is 0 Å². The van der Waals surface area contributed by atoms with Crippen molar-refractivity contribution in [3.63, 3.8) is 0 Å². The molecule has 0 amide bonds. The minimum Gasteiger partial charge on any atom is -0.149 e. The topological polar surface area (TPSA) is 0 Å². The average Bonchev–Trinajstić information content (AvgIpc) is 2.79. The molecule has 0 saturated heterocycles. The fourth-order valence-corrected chi connectivity index (χ4v) is 3.39. The van der Waals surface area contributed by atoms with Gasteiger partial charge in [-0.05, 0) is 17.9 Å². The molecule has 17 heavy (non-hydrogen) atoms. The summed E-state index contributed by atoms with van der Waals surface area (Å²) < 4.78 is 0. The van der Waals surface area contributed by atoms with Gasteiger partial charge in [0.25, 0.3) is 0 Å². The van der Waals surface area contributed by atoms with Crippen molar-refractivity contribution in [2.24, 2.45) is 0 Å². The number of unbranched alkanes of at least 4 members (excludes halogenated alkanes) is 2. The van der Waals surface area contributed by atoms with Crippen LogP contribution >= 0.6 is 43.2 Å². The van der Waals surface area contributed by atoms with Crippen LogP contribution in [0.15, 0.2) is 17.5 Å². The molecule has 0 fully saturated rings. The first-order chi connectivity index (χ1) is 8.22. The second-order valence-electron chi connectivity index (χ2n) is 4.00. The van der Waals surface area contributed by atoms with Gasteiger partial charge in [-0.1, -0.05) is 76.0 Å². The third-order valence-corrected chi connectivity index (χ3v) is 4.56. The number of alkyl halides is 2. The standard InChI is InChI=1S/C14H18Br2S/c1-2-3-4-6-12(15)8-9-13(16)11-14-7-5-10-17-14/h5,7,10,12-13H,2-4,6,11H2,1H3. The first-order valence-electron chi connectivity index (χ1n) is 6.04. The van der Waals surface area contributed by atoms with Crippen molar-refractivity contribution in [1.29, 1.82) is 0 Å². The summed E-state index contributed by atoms with van der Waals surface area (Å²) in [7, 11) is 0. The molecule has 0 spiro atoms. The number of thiophene rings is 1. The number of rotatable bonds is 6. The smallest absolute Gasteiger partial charge is 0.0803 e. The summed E-state index contributed by atoms with van der Waals surface area (Å²) in [6, 6.07) is 4.25. The van der Waals surface area contributed by atoms with E-state index < -0.39 is 0 Å². The lowest BCUT2D eigenvalue weighted by Crippen LogP contribution is -2.00. The van der Waals surface area contributed by atoms with Crippen molar-refractivity contribution >= 4 is 43.2 Å². The van der Waals surface area contributed by atoms with Gasteiger partial charge in [-0.25, -0.2) is 0 Å². The second-order valence-corrected chi connectivity index (χ2v) is 7.25. The van der Waals surface area contributed by atoms with Gasteiger partial charge in [-0.3, -0.25) is 0 Å². The Labute approximate surface area is 125 Å². The highest BCUT2D eigenvalue weighted by Gasteiger charge is 2.03. The molecule has 0 nitrogen and oxygen atoms in total. The molecule has 1 heterocycles. The molecule has 0 radical (unpaired) electrons. The average molecular weight is 378 g/mol.